The van der Waals surface area contributed by atoms with Crippen molar-refractivity contribution in [3.8, 4) is 0 Å². The number of nitrogens with one attached hydrogen (secondary N) is 5. The minimum absolute atomic E-state index is 0.00414. The quantitative estimate of drug-likeness (QED) is 0.0741. The number of unbranched alkanes of at least 4 members (excludes halogenated alkanes) is 3. The summed E-state index contributed by atoms with van der Waals surface area (Å²) in [7, 11) is 1.40. The first kappa shape index (κ1) is 54.7. The number of carbonyl (C=O) groups is 9. The summed E-state index contributed by atoms with van der Waals surface area (Å²) in [6.45, 7) is 10.4. The minimum Gasteiger partial charge on any atom is -0.481 e. The number of likely N-dealkylation sites (N-methyl/N-ethyl adjacent to an activating group) is 1. The molecule has 0 unspecified atom stereocenters. The normalized spacial score (nSPS) is 25.4. The third-order valence-corrected chi connectivity index (χ3v) is 11.8. The van der Waals surface area contributed by atoms with Crippen molar-refractivity contribution >= 4 is 53.3 Å². The zero-order valence-electron chi connectivity index (χ0n) is 39.4. The molecule has 0 saturated carbocycles. The molecule has 66 heavy (non-hydrogen) atoms. The number of rotatable bonds is 18. The van der Waals surface area contributed by atoms with Crippen LogP contribution in [0.25, 0.3) is 0 Å². The van der Waals surface area contributed by atoms with Gasteiger partial charge in [0, 0.05) is 19.9 Å². The van der Waals surface area contributed by atoms with Crippen molar-refractivity contribution in [2.75, 3.05) is 13.6 Å². The van der Waals surface area contributed by atoms with E-state index in [1.807, 2.05) is 20.8 Å². The molecule has 2 aliphatic heterocycles. The maximum Gasteiger partial charge on any atom is 0.329 e. The minimum atomic E-state index is -1.81. The van der Waals surface area contributed by atoms with Crippen molar-refractivity contribution in [1.82, 2.24) is 36.4 Å². The summed E-state index contributed by atoms with van der Waals surface area (Å²) in [6, 6.07) is -1.23. The van der Waals surface area contributed by atoms with Gasteiger partial charge in [-0.1, -0.05) is 77.8 Å². The zero-order valence-corrected chi connectivity index (χ0v) is 39.4. The Morgan fingerprint density at radius 1 is 0.879 bits per heavy atom. The van der Waals surface area contributed by atoms with Crippen LogP contribution in [0.15, 0.2) is 30.3 Å². The van der Waals surface area contributed by atoms with Crippen molar-refractivity contribution in [1.29, 1.82) is 0 Å². The fraction of sp³-hybridized carbons (Fsp3) is 0.674. The van der Waals surface area contributed by atoms with Crippen LogP contribution in [0.5, 0.6) is 0 Å². The first-order chi connectivity index (χ1) is 31.2. The molecule has 2 aliphatic rings. The maximum absolute atomic E-state index is 14.7. The standard InChI is InChI=1S/C46H72N8O12/c1-8-9-11-19-35(55)48-32(25-37(57)58)41(60)52-39-28(6)66-46(65)38(27(4)5)51-42(61)33(24-29-16-12-10-13-17-29)53(7)45(64)34(23-26(2)3)54-36(56)21-20-31(44(54)63)50-40(59)30(49-43(39)62)18-14-15-22-47/h10,12-13,16-17,26-28,30-34,36,38-39,56H,8-9,11,14-15,18-25,47H2,1-7H3,(H,48,55)(H,49,62)(H,50,59)(H,51,61)(H,52,60)(H,57,58)/t28-,30+,31+,32+,33+,34+,36+,38+,39+/m1/s1. The number of fused-ring (bicyclic) bond motifs is 2. The molecule has 9 atom stereocenters. The Kier molecular flexibility index (Phi) is 22.0. The van der Waals surface area contributed by atoms with Gasteiger partial charge in [0.25, 0.3) is 0 Å². The molecular formula is C46H72N8O12. The van der Waals surface area contributed by atoms with E-state index >= 15 is 0 Å². The summed E-state index contributed by atoms with van der Waals surface area (Å²) in [4.78, 5) is 127. The highest BCUT2D eigenvalue weighted by Gasteiger charge is 2.46. The van der Waals surface area contributed by atoms with Crippen molar-refractivity contribution in [3.63, 3.8) is 0 Å². The molecule has 0 radical (unpaired) electrons. The number of aliphatic carboxylic acids is 1. The number of hydrogen-bond acceptors (Lipinski definition) is 12. The number of amides is 7. The number of aliphatic hydroxyl groups is 1. The summed E-state index contributed by atoms with van der Waals surface area (Å²) in [5.41, 5.74) is 6.41. The molecule has 3 rings (SSSR count). The number of aliphatic hydroxyl groups excluding tert-OH is 1. The Hall–Kier alpha value is -5.63. The van der Waals surface area contributed by atoms with E-state index in [0.717, 1.165) is 11.3 Å². The van der Waals surface area contributed by atoms with E-state index in [4.69, 9.17) is 10.5 Å². The number of benzene rings is 1. The summed E-state index contributed by atoms with van der Waals surface area (Å²) < 4.78 is 5.83. The molecule has 0 aliphatic carbocycles. The number of esters is 1. The Bertz CT molecular complexity index is 1850. The fourth-order valence-electron chi connectivity index (χ4n) is 8.01. The molecule has 2 fully saturated rings. The number of carboxylic acids is 1. The van der Waals surface area contributed by atoms with Crippen LogP contribution in [0.3, 0.4) is 0 Å². The molecule has 20 heteroatoms. The number of carboxylic acid groups (broad SMARTS) is 1. The molecule has 0 aromatic heterocycles. The summed E-state index contributed by atoms with van der Waals surface area (Å²) >= 11 is 0. The Labute approximate surface area is 387 Å². The highest BCUT2D eigenvalue weighted by atomic mass is 16.5. The van der Waals surface area contributed by atoms with E-state index in [1.165, 1.54) is 18.9 Å². The second-order valence-electron chi connectivity index (χ2n) is 18.0. The van der Waals surface area contributed by atoms with E-state index in [2.05, 4.69) is 26.6 Å². The molecule has 2 bridgehead atoms. The first-order valence-corrected chi connectivity index (χ1v) is 23.1. The van der Waals surface area contributed by atoms with Gasteiger partial charge in [-0.25, -0.2) is 4.79 Å². The molecule has 1 aromatic rings. The number of nitrogens with zero attached hydrogens (tertiary/aromatic N) is 2. The van der Waals surface area contributed by atoms with Crippen LogP contribution >= 0.6 is 0 Å². The lowest BCUT2D eigenvalue weighted by atomic mass is 9.94. The molecule has 1 aromatic carbocycles. The second kappa shape index (κ2) is 26.5. The third kappa shape index (κ3) is 16.1. The Morgan fingerprint density at radius 2 is 1.56 bits per heavy atom. The van der Waals surface area contributed by atoms with Crippen LogP contribution in [-0.4, -0.2) is 142 Å². The van der Waals surface area contributed by atoms with Crippen molar-refractivity contribution in [2.45, 2.75) is 173 Å². The lowest BCUT2D eigenvalue weighted by Gasteiger charge is -2.43. The monoisotopic (exact) mass is 929 g/mol. The van der Waals surface area contributed by atoms with Gasteiger partial charge in [0.15, 0.2) is 0 Å². The number of cyclic esters (lactones) is 1. The van der Waals surface area contributed by atoms with Crippen LogP contribution < -0.4 is 32.3 Å². The van der Waals surface area contributed by atoms with Gasteiger partial charge in [-0.05, 0) is 75.8 Å². The van der Waals surface area contributed by atoms with Gasteiger partial charge in [-0.2, -0.15) is 0 Å². The highest BCUT2D eigenvalue weighted by Crippen LogP contribution is 2.26. The van der Waals surface area contributed by atoms with Gasteiger partial charge < -0.3 is 57.1 Å². The highest BCUT2D eigenvalue weighted by molar-refractivity contribution is 5.98. The fourth-order valence-corrected chi connectivity index (χ4v) is 8.01. The summed E-state index contributed by atoms with van der Waals surface area (Å²) in [5.74, 6) is -9.04. The van der Waals surface area contributed by atoms with E-state index < -0.39 is 120 Å². The number of nitrogens with two attached hydrogens (primary N) is 1. The lowest BCUT2D eigenvalue weighted by molar-refractivity contribution is -0.166. The van der Waals surface area contributed by atoms with E-state index in [0.29, 0.717) is 31.2 Å². The molecule has 7 amide bonds. The average Bonchev–Trinajstić information content (AvgIpc) is 3.25. The van der Waals surface area contributed by atoms with Gasteiger partial charge in [-0.15, -0.1) is 0 Å². The number of ether oxygens (including phenoxy) is 1. The topological polar surface area (TPSA) is 296 Å². The molecule has 0 spiro atoms. The Morgan fingerprint density at radius 3 is 2.17 bits per heavy atom. The number of piperidine rings is 1. The van der Waals surface area contributed by atoms with Crippen LogP contribution in [-0.2, 0) is 54.3 Å². The maximum atomic E-state index is 14.7. The summed E-state index contributed by atoms with van der Waals surface area (Å²) in [5, 5.41) is 33.9. The van der Waals surface area contributed by atoms with E-state index in [1.54, 1.807) is 44.2 Å². The molecule has 20 nitrogen and oxygen atoms in total. The summed E-state index contributed by atoms with van der Waals surface area (Å²) in [6.07, 6.45) is -1.10. The van der Waals surface area contributed by atoms with Crippen LogP contribution in [0.1, 0.15) is 118 Å². The van der Waals surface area contributed by atoms with Crippen LogP contribution in [0.4, 0.5) is 0 Å². The van der Waals surface area contributed by atoms with Crippen molar-refractivity contribution in [3.05, 3.63) is 35.9 Å². The first-order valence-electron chi connectivity index (χ1n) is 23.1. The third-order valence-electron chi connectivity index (χ3n) is 11.8. The molecular weight excluding hydrogens is 857 g/mol. The molecule has 2 saturated heterocycles. The zero-order chi connectivity index (χ0) is 49.2. The molecule has 2 heterocycles. The predicted octanol–water partition coefficient (Wildman–Crippen LogP) is 0.621. The predicted molar refractivity (Wildman–Crippen MR) is 241 cm³/mol. The van der Waals surface area contributed by atoms with Crippen LogP contribution in [0, 0.1) is 11.8 Å². The van der Waals surface area contributed by atoms with Gasteiger partial charge in [0.1, 0.15) is 54.6 Å². The van der Waals surface area contributed by atoms with Gasteiger partial charge in [0.05, 0.1) is 6.42 Å². The van der Waals surface area contributed by atoms with E-state index in [9.17, 15) is 53.4 Å². The second-order valence-corrected chi connectivity index (χ2v) is 18.0. The smallest absolute Gasteiger partial charge is 0.329 e. The van der Waals surface area contributed by atoms with Crippen LogP contribution in [0.2, 0.25) is 0 Å². The Balaban J connectivity index is 2.20. The molecule has 368 valence electrons. The lowest BCUT2D eigenvalue weighted by Crippen LogP contribution is -2.65. The van der Waals surface area contributed by atoms with E-state index in [-0.39, 0.29) is 51.0 Å². The average molecular weight is 929 g/mol. The number of carbonyl (C=O) groups excluding carboxylic acids is 8. The van der Waals surface area contributed by atoms with Gasteiger partial charge in [0.2, 0.25) is 41.4 Å². The van der Waals surface area contributed by atoms with Crippen molar-refractivity contribution in [2.24, 2.45) is 17.6 Å². The van der Waals surface area contributed by atoms with Gasteiger partial charge >= 0.3 is 11.9 Å². The van der Waals surface area contributed by atoms with Crippen molar-refractivity contribution < 1.29 is 58.1 Å². The number of hydrogen-bond donors (Lipinski definition) is 8. The SMILES string of the molecule is CCCCCC(=O)N[C@@H](CC(=O)O)C(=O)N[C@@H]1C(=O)N[C@@H](CCCCN)C(=O)N[C@H]2CC[C@H](O)N(C2=O)[C@@H](CC(C)C)C(=O)N(C)[C@@H](Cc2ccccc2)C(=O)N[C@@H](C(C)C)C(=O)O[C@@H]1C. The van der Waals surface area contributed by atoms with Gasteiger partial charge in [-0.3, -0.25) is 38.4 Å². The molecule has 9 N–H and O–H groups in total. The largest absolute Gasteiger partial charge is 0.481 e.